The maximum absolute atomic E-state index is 13.6. The van der Waals surface area contributed by atoms with Crippen LogP contribution in [0.3, 0.4) is 0 Å². The van der Waals surface area contributed by atoms with Crippen LogP contribution in [-0.2, 0) is 6.54 Å². The second-order valence-corrected chi connectivity index (χ2v) is 5.03. The predicted octanol–water partition coefficient (Wildman–Crippen LogP) is 2.38. The highest BCUT2D eigenvalue weighted by Gasteiger charge is 2.16. The van der Waals surface area contributed by atoms with Gasteiger partial charge < -0.3 is 5.11 Å². The van der Waals surface area contributed by atoms with E-state index in [-0.39, 0.29) is 11.3 Å². The zero-order valence-electron chi connectivity index (χ0n) is 10.8. The monoisotopic (exact) mass is 267 g/mol. The van der Waals surface area contributed by atoms with Gasteiger partial charge in [-0.2, -0.15) is 0 Å². The van der Waals surface area contributed by atoms with Crippen molar-refractivity contribution in [3.05, 3.63) is 36.0 Å². The third-order valence-electron chi connectivity index (χ3n) is 2.71. The van der Waals surface area contributed by atoms with Gasteiger partial charge in [0.25, 0.3) is 0 Å². The van der Waals surface area contributed by atoms with Crippen LogP contribution in [0.2, 0.25) is 0 Å². The summed E-state index contributed by atoms with van der Waals surface area (Å²) in [5.74, 6) is -1.34. The Bertz CT molecular complexity index is 555. The molecule has 102 valence electrons. The van der Waals surface area contributed by atoms with E-state index in [4.69, 9.17) is 0 Å². The fraction of sp³-hybridized carbons (Fsp3) is 0.385. The zero-order valence-corrected chi connectivity index (χ0v) is 10.8. The quantitative estimate of drug-likeness (QED) is 0.925. The third-order valence-corrected chi connectivity index (χ3v) is 2.71. The topological polar surface area (TPSA) is 50.9 Å². The molecule has 0 fully saturated rings. The Morgan fingerprint density at radius 1 is 1.26 bits per heavy atom. The van der Waals surface area contributed by atoms with Crippen molar-refractivity contribution in [1.29, 1.82) is 0 Å². The van der Waals surface area contributed by atoms with E-state index in [2.05, 4.69) is 10.3 Å². The van der Waals surface area contributed by atoms with Crippen LogP contribution in [-0.4, -0.2) is 25.7 Å². The Morgan fingerprint density at radius 2 is 1.89 bits per heavy atom. The van der Waals surface area contributed by atoms with Gasteiger partial charge in [0.1, 0.15) is 17.3 Å². The standard InChI is InChI=1S/C13H15F2N3O/c1-13(2,19)6-7-18-8-11(16-17-18)12-9(14)4-3-5-10(12)15/h3-5,8,19H,6-7H2,1-2H3. The van der Waals surface area contributed by atoms with Crippen LogP contribution in [0.5, 0.6) is 0 Å². The summed E-state index contributed by atoms with van der Waals surface area (Å²) in [6, 6.07) is 3.65. The molecular formula is C13H15F2N3O. The fourth-order valence-corrected chi connectivity index (χ4v) is 1.65. The summed E-state index contributed by atoms with van der Waals surface area (Å²) in [5, 5.41) is 17.2. The number of aromatic nitrogens is 3. The van der Waals surface area contributed by atoms with Crippen molar-refractivity contribution < 1.29 is 13.9 Å². The van der Waals surface area contributed by atoms with Crippen molar-refractivity contribution in [1.82, 2.24) is 15.0 Å². The number of hydrogen-bond acceptors (Lipinski definition) is 3. The van der Waals surface area contributed by atoms with Crippen LogP contribution in [0, 0.1) is 11.6 Å². The molecule has 0 spiro atoms. The lowest BCUT2D eigenvalue weighted by molar-refractivity contribution is 0.0649. The minimum Gasteiger partial charge on any atom is -0.390 e. The van der Waals surface area contributed by atoms with Gasteiger partial charge in [-0.05, 0) is 32.4 Å². The number of rotatable bonds is 4. The van der Waals surface area contributed by atoms with Gasteiger partial charge >= 0.3 is 0 Å². The highest BCUT2D eigenvalue weighted by molar-refractivity contribution is 5.59. The van der Waals surface area contributed by atoms with Crippen molar-refractivity contribution in [2.75, 3.05) is 0 Å². The summed E-state index contributed by atoms with van der Waals surface area (Å²) in [4.78, 5) is 0. The number of halogens is 2. The molecule has 0 radical (unpaired) electrons. The van der Waals surface area contributed by atoms with E-state index in [0.717, 1.165) is 0 Å². The summed E-state index contributed by atoms with van der Waals surface area (Å²) < 4.78 is 28.6. The number of aliphatic hydroxyl groups is 1. The average molecular weight is 267 g/mol. The molecule has 0 amide bonds. The van der Waals surface area contributed by atoms with Crippen LogP contribution < -0.4 is 0 Å². The Balaban J connectivity index is 2.22. The smallest absolute Gasteiger partial charge is 0.135 e. The number of hydrogen-bond donors (Lipinski definition) is 1. The molecule has 2 rings (SSSR count). The number of aryl methyl sites for hydroxylation is 1. The molecule has 0 aliphatic carbocycles. The number of nitrogens with zero attached hydrogens (tertiary/aromatic N) is 3. The molecule has 1 heterocycles. The minimum atomic E-state index is -0.824. The van der Waals surface area contributed by atoms with Crippen molar-refractivity contribution in [2.45, 2.75) is 32.4 Å². The van der Waals surface area contributed by atoms with Gasteiger partial charge in [-0.25, -0.2) is 8.78 Å². The first-order chi connectivity index (χ1) is 8.87. The lowest BCUT2D eigenvalue weighted by Gasteiger charge is -2.15. The van der Waals surface area contributed by atoms with Gasteiger partial charge in [-0.3, -0.25) is 4.68 Å². The van der Waals surface area contributed by atoms with Crippen molar-refractivity contribution in [3.63, 3.8) is 0 Å². The minimum absolute atomic E-state index is 0.145. The van der Waals surface area contributed by atoms with Crippen molar-refractivity contribution in [2.24, 2.45) is 0 Å². The largest absolute Gasteiger partial charge is 0.390 e. The summed E-state index contributed by atoms with van der Waals surface area (Å²) in [6.45, 7) is 3.79. The van der Waals surface area contributed by atoms with Gasteiger partial charge in [-0.1, -0.05) is 11.3 Å². The molecule has 0 saturated carbocycles. The maximum Gasteiger partial charge on any atom is 0.135 e. The second kappa shape index (κ2) is 5.05. The normalized spacial score (nSPS) is 11.8. The van der Waals surface area contributed by atoms with Gasteiger partial charge in [0.15, 0.2) is 0 Å². The molecule has 0 bridgehead atoms. The first kappa shape index (κ1) is 13.6. The Hall–Kier alpha value is -1.82. The molecule has 0 aliphatic heterocycles. The highest BCUT2D eigenvalue weighted by atomic mass is 19.1. The SMILES string of the molecule is CC(C)(O)CCn1cc(-c2c(F)cccc2F)nn1. The van der Waals surface area contributed by atoms with E-state index >= 15 is 0 Å². The van der Waals surface area contributed by atoms with E-state index < -0.39 is 17.2 Å². The molecule has 19 heavy (non-hydrogen) atoms. The van der Waals surface area contributed by atoms with E-state index in [0.29, 0.717) is 13.0 Å². The van der Waals surface area contributed by atoms with Crippen LogP contribution >= 0.6 is 0 Å². The molecular weight excluding hydrogens is 252 g/mol. The summed E-state index contributed by atoms with van der Waals surface area (Å²) >= 11 is 0. The first-order valence-electron chi connectivity index (χ1n) is 5.94. The molecule has 1 aromatic carbocycles. The van der Waals surface area contributed by atoms with Crippen LogP contribution in [0.4, 0.5) is 8.78 Å². The molecule has 1 N–H and O–H groups in total. The third kappa shape index (κ3) is 3.35. The van der Waals surface area contributed by atoms with E-state index in [9.17, 15) is 13.9 Å². The zero-order chi connectivity index (χ0) is 14.0. The average Bonchev–Trinajstić information content (AvgIpc) is 2.74. The van der Waals surface area contributed by atoms with Crippen LogP contribution in [0.15, 0.2) is 24.4 Å². The molecule has 2 aromatic rings. The van der Waals surface area contributed by atoms with E-state index in [1.165, 1.54) is 29.1 Å². The molecule has 0 unspecified atom stereocenters. The predicted molar refractivity (Wildman–Crippen MR) is 66.3 cm³/mol. The van der Waals surface area contributed by atoms with Gasteiger partial charge in [0, 0.05) is 6.54 Å². The molecule has 0 atom stereocenters. The maximum atomic E-state index is 13.6. The Labute approximate surface area is 109 Å². The van der Waals surface area contributed by atoms with E-state index in [1.807, 2.05) is 0 Å². The van der Waals surface area contributed by atoms with Crippen molar-refractivity contribution in [3.8, 4) is 11.3 Å². The molecule has 0 aliphatic rings. The second-order valence-electron chi connectivity index (χ2n) is 5.03. The lowest BCUT2D eigenvalue weighted by atomic mass is 10.1. The molecule has 4 nitrogen and oxygen atoms in total. The first-order valence-corrected chi connectivity index (χ1v) is 5.94. The summed E-state index contributed by atoms with van der Waals surface area (Å²) in [6.07, 6.45) is 1.93. The lowest BCUT2D eigenvalue weighted by Crippen LogP contribution is -2.21. The molecule has 1 aromatic heterocycles. The number of benzene rings is 1. The fourth-order valence-electron chi connectivity index (χ4n) is 1.65. The van der Waals surface area contributed by atoms with Crippen LogP contribution in [0.25, 0.3) is 11.3 Å². The summed E-state index contributed by atoms with van der Waals surface area (Å²) in [7, 11) is 0. The Kier molecular flexibility index (Phi) is 3.61. The van der Waals surface area contributed by atoms with Crippen molar-refractivity contribution >= 4 is 0 Å². The van der Waals surface area contributed by atoms with Gasteiger partial charge in [0.2, 0.25) is 0 Å². The molecule has 0 saturated heterocycles. The van der Waals surface area contributed by atoms with Crippen LogP contribution in [0.1, 0.15) is 20.3 Å². The van der Waals surface area contributed by atoms with E-state index in [1.54, 1.807) is 13.8 Å². The highest BCUT2D eigenvalue weighted by Crippen LogP contribution is 2.23. The van der Waals surface area contributed by atoms with Gasteiger partial charge in [0.05, 0.1) is 17.4 Å². The molecule has 6 heteroatoms. The Morgan fingerprint density at radius 3 is 2.47 bits per heavy atom. The van der Waals surface area contributed by atoms with Gasteiger partial charge in [-0.15, -0.1) is 5.10 Å². The summed E-state index contributed by atoms with van der Waals surface area (Å²) in [5.41, 5.74) is -0.863.